The van der Waals surface area contributed by atoms with Crippen LogP contribution in [0.5, 0.6) is 5.75 Å². The number of hydrogen-bond donors (Lipinski definition) is 3. The summed E-state index contributed by atoms with van der Waals surface area (Å²) in [7, 11) is 0.705. The van der Waals surface area contributed by atoms with Crippen LogP contribution in [0.15, 0.2) is 58.6 Å². The molecule has 34 heavy (non-hydrogen) atoms. The number of rotatable bonds is 7. The average Bonchev–Trinajstić information content (AvgIpc) is 2.84. The Morgan fingerprint density at radius 1 is 1.15 bits per heavy atom. The van der Waals surface area contributed by atoms with Gasteiger partial charge in [0.25, 0.3) is 5.56 Å². The molecule has 0 amide bonds. The number of anilines is 2. The van der Waals surface area contributed by atoms with E-state index in [1.165, 1.54) is 30.1 Å². The quantitative estimate of drug-likeness (QED) is 0.358. The highest BCUT2D eigenvalue weighted by molar-refractivity contribution is 7.89. The molecule has 4 N–H and O–H groups in total. The third-order valence-corrected chi connectivity index (χ3v) is 6.14. The molecule has 0 bridgehead atoms. The van der Waals surface area contributed by atoms with Gasteiger partial charge in [-0.1, -0.05) is 6.07 Å². The Bertz CT molecular complexity index is 1530. The van der Waals surface area contributed by atoms with Crippen LogP contribution in [0.2, 0.25) is 0 Å². The second-order valence-corrected chi connectivity index (χ2v) is 9.01. The normalized spacial score (nSPS) is 11.4. The summed E-state index contributed by atoms with van der Waals surface area (Å²) in [5.41, 5.74) is 1.90. The van der Waals surface area contributed by atoms with Gasteiger partial charge in [0.05, 0.1) is 24.6 Å². The van der Waals surface area contributed by atoms with Crippen molar-refractivity contribution in [2.75, 3.05) is 24.8 Å². The van der Waals surface area contributed by atoms with Gasteiger partial charge in [-0.15, -0.1) is 0 Å². The summed E-state index contributed by atoms with van der Waals surface area (Å²) in [6.07, 6.45) is 3.13. The van der Waals surface area contributed by atoms with Gasteiger partial charge in [-0.2, -0.15) is 0 Å². The molecule has 4 rings (SSSR count). The van der Waals surface area contributed by atoms with Gasteiger partial charge in [0.1, 0.15) is 27.7 Å². The first-order valence-corrected chi connectivity index (χ1v) is 11.7. The lowest BCUT2D eigenvalue weighted by Gasteiger charge is -2.13. The number of pyridine rings is 2. The second kappa shape index (κ2) is 9.08. The Balaban J connectivity index is 1.83. The van der Waals surface area contributed by atoms with E-state index in [0.717, 1.165) is 11.4 Å². The molecule has 11 nitrogen and oxygen atoms in total. The second-order valence-electron chi connectivity index (χ2n) is 7.48. The van der Waals surface area contributed by atoms with Crippen molar-refractivity contribution in [3.63, 3.8) is 0 Å². The Morgan fingerprint density at radius 3 is 2.59 bits per heavy atom. The molecule has 3 aromatic heterocycles. The molecule has 0 aliphatic carbocycles. The fourth-order valence-electron chi connectivity index (χ4n) is 3.42. The maximum absolute atomic E-state index is 12.9. The number of benzene rings is 1. The highest BCUT2D eigenvalue weighted by Crippen LogP contribution is 2.31. The molecule has 0 fully saturated rings. The number of aromatic nitrogens is 4. The van der Waals surface area contributed by atoms with Crippen molar-refractivity contribution in [1.29, 1.82) is 0 Å². The number of nitrogens with zero attached hydrogens (tertiary/aromatic N) is 4. The van der Waals surface area contributed by atoms with E-state index in [9.17, 15) is 13.2 Å². The van der Waals surface area contributed by atoms with Crippen molar-refractivity contribution < 1.29 is 13.2 Å². The van der Waals surface area contributed by atoms with Crippen LogP contribution in [0.3, 0.4) is 0 Å². The van der Waals surface area contributed by atoms with Crippen molar-refractivity contribution >= 4 is 32.6 Å². The van der Waals surface area contributed by atoms with Gasteiger partial charge in [0.2, 0.25) is 10.0 Å². The standard InChI is InChI=1S/C22H23N7O4S/c1-24-19-7-4-13(10-25-19)11-26-21-20-16(27-12-29(2)22(20)30)9-15(28-21)14-5-6-17(33-3)18(8-14)34(23,31)32/h4-10,12H,11H2,1-3H3,(H,24,25)(H,26,28)(H2,23,31,32). The molecule has 0 atom stereocenters. The Hall–Kier alpha value is -4.03. The number of primary sulfonamides is 1. The van der Waals surface area contributed by atoms with Crippen molar-refractivity contribution in [3.8, 4) is 17.0 Å². The van der Waals surface area contributed by atoms with Gasteiger partial charge in [0.15, 0.2) is 0 Å². The summed E-state index contributed by atoms with van der Waals surface area (Å²) in [4.78, 5) is 26.0. The zero-order valence-corrected chi connectivity index (χ0v) is 19.5. The minimum atomic E-state index is -4.04. The maximum Gasteiger partial charge on any atom is 0.264 e. The monoisotopic (exact) mass is 481 g/mol. The van der Waals surface area contributed by atoms with Crippen LogP contribution >= 0.6 is 0 Å². The number of methoxy groups -OCH3 is 1. The van der Waals surface area contributed by atoms with E-state index >= 15 is 0 Å². The number of aryl methyl sites for hydroxylation is 1. The molecule has 1 aromatic carbocycles. The van der Waals surface area contributed by atoms with E-state index in [-0.39, 0.29) is 16.2 Å². The van der Waals surface area contributed by atoms with Crippen LogP contribution in [0.1, 0.15) is 5.56 Å². The van der Waals surface area contributed by atoms with Crippen molar-refractivity contribution in [2.24, 2.45) is 12.2 Å². The van der Waals surface area contributed by atoms with E-state index in [0.29, 0.717) is 34.5 Å². The van der Waals surface area contributed by atoms with Crippen LogP contribution in [0.4, 0.5) is 11.6 Å². The zero-order valence-electron chi connectivity index (χ0n) is 18.7. The van der Waals surface area contributed by atoms with E-state index in [1.807, 2.05) is 12.1 Å². The van der Waals surface area contributed by atoms with Gasteiger partial charge < -0.3 is 19.9 Å². The molecular formula is C22H23N7O4S. The van der Waals surface area contributed by atoms with Crippen LogP contribution in [0.25, 0.3) is 22.2 Å². The average molecular weight is 482 g/mol. The SMILES string of the molecule is CNc1ccc(CNc2nc(-c3ccc(OC)c(S(N)(=O)=O)c3)cc3ncn(C)c(=O)c23)cn1. The highest BCUT2D eigenvalue weighted by atomic mass is 32.2. The molecule has 0 aliphatic heterocycles. The lowest BCUT2D eigenvalue weighted by Crippen LogP contribution is -2.19. The Labute approximate surface area is 195 Å². The predicted molar refractivity (Wildman–Crippen MR) is 129 cm³/mol. The van der Waals surface area contributed by atoms with E-state index in [2.05, 4.69) is 25.6 Å². The first-order valence-electron chi connectivity index (χ1n) is 10.2. The van der Waals surface area contributed by atoms with Gasteiger partial charge in [0, 0.05) is 32.4 Å². The summed E-state index contributed by atoms with van der Waals surface area (Å²) in [6, 6.07) is 9.91. The third-order valence-electron chi connectivity index (χ3n) is 5.21. The Morgan fingerprint density at radius 2 is 1.94 bits per heavy atom. The van der Waals surface area contributed by atoms with E-state index in [4.69, 9.17) is 9.88 Å². The van der Waals surface area contributed by atoms with Crippen LogP contribution in [0, 0.1) is 0 Å². The molecular weight excluding hydrogens is 458 g/mol. The molecule has 0 radical (unpaired) electrons. The first-order chi connectivity index (χ1) is 16.2. The summed E-state index contributed by atoms with van der Waals surface area (Å²) in [5.74, 6) is 1.17. The number of fused-ring (bicyclic) bond motifs is 1. The minimum absolute atomic E-state index is 0.120. The highest BCUT2D eigenvalue weighted by Gasteiger charge is 2.18. The summed E-state index contributed by atoms with van der Waals surface area (Å²) >= 11 is 0. The largest absolute Gasteiger partial charge is 0.495 e. The molecule has 176 valence electrons. The number of ether oxygens (including phenoxy) is 1. The molecule has 0 saturated heterocycles. The fourth-order valence-corrected chi connectivity index (χ4v) is 4.14. The zero-order chi connectivity index (χ0) is 24.5. The predicted octanol–water partition coefficient (Wildman–Crippen LogP) is 1.70. The van der Waals surface area contributed by atoms with Crippen molar-refractivity contribution in [3.05, 3.63) is 64.8 Å². The van der Waals surface area contributed by atoms with Crippen LogP contribution in [-0.2, 0) is 23.6 Å². The topological polar surface area (TPSA) is 154 Å². The third kappa shape index (κ3) is 4.54. The number of nitrogens with one attached hydrogen (secondary N) is 2. The number of hydrogen-bond acceptors (Lipinski definition) is 9. The van der Waals surface area contributed by atoms with Crippen molar-refractivity contribution in [2.45, 2.75) is 11.4 Å². The van der Waals surface area contributed by atoms with Gasteiger partial charge in [-0.25, -0.2) is 28.5 Å². The number of sulfonamides is 1. The summed E-state index contributed by atoms with van der Waals surface area (Å²) < 4.78 is 30.6. The molecule has 0 spiro atoms. The van der Waals surface area contributed by atoms with Gasteiger partial charge in [-0.3, -0.25) is 4.79 Å². The van der Waals surface area contributed by atoms with Gasteiger partial charge in [-0.05, 0) is 35.9 Å². The molecule has 3 heterocycles. The fraction of sp³-hybridized carbons (Fsp3) is 0.182. The summed E-state index contributed by atoms with van der Waals surface area (Å²) in [5, 5.41) is 11.8. The summed E-state index contributed by atoms with van der Waals surface area (Å²) in [6.45, 7) is 0.353. The molecule has 4 aromatic rings. The Kier molecular flexibility index (Phi) is 6.18. The lowest BCUT2D eigenvalue weighted by atomic mass is 10.1. The smallest absolute Gasteiger partial charge is 0.264 e. The van der Waals surface area contributed by atoms with E-state index in [1.54, 1.807) is 32.4 Å². The molecule has 0 unspecified atom stereocenters. The van der Waals surface area contributed by atoms with Crippen LogP contribution < -0.4 is 26.1 Å². The minimum Gasteiger partial charge on any atom is -0.495 e. The number of nitrogens with two attached hydrogens (primary N) is 1. The van der Waals surface area contributed by atoms with Gasteiger partial charge >= 0.3 is 0 Å². The maximum atomic E-state index is 12.9. The molecule has 12 heteroatoms. The van der Waals surface area contributed by atoms with Crippen LogP contribution in [-0.4, -0.2) is 42.1 Å². The molecule has 0 saturated carbocycles. The first kappa shape index (κ1) is 23.1. The van der Waals surface area contributed by atoms with Crippen molar-refractivity contribution in [1.82, 2.24) is 19.5 Å². The molecule has 0 aliphatic rings. The van der Waals surface area contributed by atoms with E-state index < -0.39 is 10.0 Å². The lowest BCUT2D eigenvalue weighted by molar-refractivity contribution is 0.403.